The number of carbonyl (C=O) groups is 1. The number of aryl methyl sites for hydroxylation is 1. The Balaban J connectivity index is 1.42. The normalized spacial score (nSPS) is 14.4. The number of benzene rings is 2. The molecule has 2 aromatic carbocycles. The van der Waals surface area contributed by atoms with E-state index in [1.54, 1.807) is 6.08 Å². The molecule has 2 heterocycles. The summed E-state index contributed by atoms with van der Waals surface area (Å²) in [5.41, 5.74) is 4.50. The van der Waals surface area contributed by atoms with Crippen molar-refractivity contribution in [1.82, 2.24) is 9.88 Å². The summed E-state index contributed by atoms with van der Waals surface area (Å²) >= 11 is 0. The largest absolute Gasteiger partial charge is 0.420 e. The molecule has 34 heavy (non-hydrogen) atoms. The molecule has 0 saturated carbocycles. The molecule has 0 bridgehead atoms. The predicted octanol–water partition coefficient (Wildman–Crippen LogP) is 5.29. The average Bonchev–Trinajstić information content (AvgIpc) is 3.26. The minimum Gasteiger partial charge on any atom is -0.420 e. The quantitative estimate of drug-likeness (QED) is 0.536. The summed E-state index contributed by atoms with van der Waals surface area (Å²) in [6.45, 7) is 10.9. The van der Waals surface area contributed by atoms with Crippen LogP contribution in [0.5, 0.6) is 0 Å². The third-order valence-corrected chi connectivity index (χ3v) is 6.08. The average molecular weight is 455 g/mol. The second-order valence-corrected chi connectivity index (χ2v) is 9.67. The van der Waals surface area contributed by atoms with Crippen molar-refractivity contribution >= 4 is 23.9 Å². The van der Waals surface area contributed by atoms with Crippen LogP contribution in [-0.2, 0) is 5.41 Å². The van der Waals surface area contributed by atoms with Gasteiger partial charge in [-0.2, -0.15) is 10.2 Å². The molecule has 0 unspecified atom stereocenters. The summed E-state index contributed by atoms with van der Waals surface area (Å²) in [5, 5.41) is 9.58. The van der Waals surface area contributed by atoms with Gasteiger partial charge in [0.15, 0.2) is 0 Å². The van der Waals surface area contributed by atoms with Crippen LogP contribution in [0.15, 0.2) is 52.9 Å². The van der Waals surface area contributed by atoms with Gasteiger partial charge in [0, 0.05) is 37.8 Å². The van der Waals surface area contributed by atoms with E-state index in [1.807, 2.05) is 47.1 Å². The molecule has 1 fully saturated rings. The van der Waals surface area contributed by atoms with Gasteiger partial charge in [0.25, 0.3) is 5.91 Å². The highest BCUT2D eigenvalue weighted by atomic mass is 16.4. The van der Waals surface area contributed by atoms with E-state index < -0.39 is 0 Å². The Morgan fingerprint density at radius 2 is 1.65 bits per heavy atom. The SMILES string of the molecule is Cc1ccc(C(=O)N2CCN(c3oc(/C=C/c4ccc(C(C)(C)C)cc4)nc3C#N)CC2)cc1. The van der Waals surface area contributed by atoms with E-state index in [0.717, 1.165) is 11.1 Å². The molecule has 0 spiro atoms. The molecule has 6 nitrogen and oxygen atoms in total. The maximum absolute atomic E-state index is 12.8. The number of nitrogens with zero attached hydrogens (tertiary/aromatic N) is 4. The number of carbonyl (C=O) groups excluding carboxylic acids is 1. The Labute approximate surface area is 201 Å². The number of aromatic nitrogens is 1. The zero-order valence-electron chi connectivity index (χ0n) is 20.2. The first kappa shape index (κ1) is 23.3. The molecule has 0 radical (unpaired) electrons. The van der Waals surface area contributed by atoms with E-state index in [1.165, 1.54) is 5.56 Å². The lowest BCUT2D eigenvalue weighted by atomic mass is 9.87. The van der Waals surface area contributed by atoms with Crippen LogP contribution in [0.3, 0.4) is 0 Å². The van der Waals surface area contributed by atoms with Crippen molar-refractivity contribution in [3.63, 3.8) is 0 Å². The van der Waals surface area contributed by atoms with Crippen molar-refractivity contribution in [1.29, 1.82) is 5.26 Å². The van der Waals surface area contributed by atoms with Crippen LogP contribution >= 0.6 is 0 Å². The first-order valence-electron chi connectivity index (χ1n) is 11.5. The van der Waals surface area contributed by atoms with Crippen molar-refractivity contribution in [3.05, 3.63) is 82.4 Å². The van der Waals surface area contributed by atoms with Crippen LogP contribution in [0.4, 0.5) is 5.88 Å². The summed E-state index contributed by atoms with van der Waals surface area (Å²) < 4.78 is 5.94. The Kier molecular flexibility index (Phi) is 6.56. The molecule has 6 heteroatoms. The fourth-order valence-electron chi connectivity index (χ4n) is 3.94. The van der Waals surface area contributed by atoms with E-state index in [2.05, 4.69) is 56.1 Å². The lowest BCUT2D eigenvalue weighted by Crippen LogP contribution is -2.48. The number of rotatable bonds is 4. The third kappa shape index (κ3) is 5.20. The zero-order chi connectivity index (χ0) is 24.3. The minimum atomic E-state index is 0.0267. The van der Waals surface area contributed by atoms with Gasteiger partial charge in [0.1, 0.15) is 6.07 Å². The summed E-state index contributed by atoms with van der Waals surface area (Å²) in [7, 11) is 0. The fraction of sp³-hybridized carbons (Fsp3) is 0.321. The molecule has 0 atom stereocenters. The van der Waals surface area contributed by atoms with Crippen LogP contribution < -0.4 is 4.90 Å². The second kappa shape index (κ2) is 9.56. The van der Waals surface area contributed by atoms with E-state index >= 15 is 0 Å². The monoisotopic (exact) mass is 454 g/mol. The minimum absolute atomic E-state index is 0.0267. The zero-order valence-corrected chi connectivity index (χ0v) is 20.2. The molecule has 1 aromatic heterocycles. The number of anilines is 1. The molecule has 0 N–H and O–H groups in total. The Morgan fingerprint density at radius 3 is 2.24 bits per heavy atom. The van der Waals surface area contributed by atoms with Crippen molar-refractivity contribution in [2.24, 2.45) is 0 Å². The van der Waals surface area contributed by atoms with E-state index in [-0.39, 0.29) is 17.0 Å². The number of hydrogen-bond acceptors (Lipinski definition) is 5. The molecule has 1 aliphatic rings. The van der Waals surface area contributed by atoms with Crippen molar-refractivity contribution in [2.45, 2.75) is 33.1 Å². The van der Waals surface area contributed by atoms with E-state index in [4.69, 9.17) is 4.42 Å². The van der Waals surface area contributed by atoms with Crippen molar-refractivity contribution in [3.8, 4) is 6.07 Å². The van der Waals surface area contributed by atoms with Crippen molar-refractivity contribution in [2.75, 3.05) is 31.1 Å². The molecule has 1 aliphatic heterocycles. The van der Waals surface area contributed by atoms with Gasteiger partial charge in [-0.1, -0.05) is 62.7 Å². The van der Waals surface area contributed by atoms with Gasteiger partial charge in [-0.05, 0) is 41.7 Å². The first-order valence-corrected chi connectivity index (χ1v) is 11.5. The molecular weight excluding hydrogens is 424 g/mol. The summed E-state index contributed by atoms with van der Waals surface area (Å²) in [4.78, 5) is 21.0. The Hall–Kier alpha value is -3.85. The smallest absolute Gasteiger partial charge is 0.253 e. The molecule has 0 aliphatic carbocycles. The maximum atomic E-state index is 12.8. The predicted molar refractivity (Wildman–Crippen MR) is 135 cm³/mol. The summed E-state index contributed by atoms with van der Waals surface area (Å²) in [5.74, 6) is 0.885. The number of nitriles is 1. The first-order chi connectivity index (χ1) is 16.2. The fourth-order valence-corrected chi connectivity index (χ4v) is 3.94. The third-order valence-electron chi connectivity index (χ3n) is 6.08. The molecule has 174 valence electrons. The Bertz CT molecular complexity index is 1220. The van der Waals surface area contributed by atoms with Gasteiger partial charge in [-0.15, -0.1) is 0 Å². The van der Waals surface area contributed by atoms with Crippen LogP contribution in [0.1, 0.15) is 59.4 Å². The lowest BCUT2D eigenvalue weighted by Gasteiger charge is -2.34. The molecule has 4 rings (SSSR count). The summed E-state index contributed by atoms with van der Waals surface area (Å²) in [6.07, 6.45) is 3.72. The van der Waals surface area contributed by atoms with Gasteiger partial charge in [0.2, 0.25) is 17.5 Å². The highest BCUT2D eigenvalue weighted by molar-refractivity contribution is 5.94. The van der Waals surface area contributed by atoms with Crippen LogP contribution in [0.2, 0.25) is 0 Å². The van der Waals surface area contributed by atoms with Gasteiger partial charge in [-0.3, -0.25) is 4.79 Å². The van der Waals surface area contributed by atoms with Crippen LogP contribution in [0.25, 0.3) is 12.2 Å². The van der Waals surface area contributed by atoms with Gasteiger partial charge in [0.05, 0.1) is 0 Å². The standard InChI is InChI=1S/C28H30N4O2/c1-20-5-10-22(11-6-20)26(33)31-15-17-32(18-16-31)27-24(19-29)30-25(34-27)14-9-21-7-12-23(13-8-21)28(2,3)4/h5-14H,15-18H2,1-4H3/b14-9+. The van der Waals surface area contributed by atoms with Crippen LogP contribution in [-0.4, -0.2) is 42.0 Å². The number of piperazine rings is 1. The highest BCUT2D eigenvalue weighted by Gasteiger charge is 2.26. The van der Waals surface area contributed by atoms with Gasteiger partial charge >= 0.3 is 0 Å². The molecule has 3 aromatic rings. The van der Waals surface area contributed by atoms with E-state index in [9.17, 15) is 10.1 Å². The van der Waals surface area contributed by atoms with Crippen molar-refractivity contribution < 1.29 is 9.21 Å². The number of oxazole rings is 1. The van der Waals surface area contributed by atoms with Gasteiger partial charge in [-0.25, -0.2) is 0 Å². The number of amides is 1. The summed E-state index contributed by atoms with van der Waals surface area (Å²) in [6, 6.07) is 18.1. The maximum Gasteiger partial charge on any atom is 0.253 e. The van der Waals surface area contributed by atoms with Gasteiger partial charge < -0.3 is 14.2 Å². The topological polar surface area (TPSA) is 73.4 Å². The highest BCUT2D eigenvalue weighted by Crippen LogP contribution is 2.26. The molecule has 1 saturated heterocycles. The molecule has 1 amide bonds. The van der Waals surface area contributed by atoms with E-state index in [0.29, 0.717) is 43.5 Å². The Morgan fingerprint density at radius 1 is 1.00 bits per heavy atom. The van der Waals surface area contributed by atoms with Crippen LogP contribution in [0, 0.1) is 18.3 Å². The molecular formula is C28H30N4O2. The second-order valence-electron chi connectivity index (χ2n) is 9.67. The number of hydrogen-bond donors (Lipinski definition) is 0. The lowest BCUT2D eigenvalue weighted by molar-refractivity contribution is 0.0745.